The number of β-lactam (4-membered cyclic amide) rings is 1. The van der Waals surface area contributed by atoms with Gasteiger partial charge in [-0.3, -0.25) is 19.4 Å². The predicted molar refractivity (Wildman–Crippen MR) is 140 cm³/mol. The Kier molecular flexibility index (Phi) is 7.66. The summed E-state index contributed by atoms with van der Waals surface area (Å²) in [4.78, 5) is 46.6. The molecule has 14 heteroatoms. The largest absolute Gasteiger partial charge is 0.543 e. The quantitative estimate of drug-likeness (QED) is 0.149. The van der Waals surface area contributed by atoms with E-state index in [1.807, 2.05) is 23.0 Å². The van der Waals surface area contributed by atoms with Crippen molar-refractivity contribution >= 4 is 47.0 Å². The van der Waals surface area contributed by atoms with Gasteiger partial charge in [-0.1, -0.05) is 16.9 Å². The molecule has 4 atom stereocenters. The van der Waals surface area contributed by atoms with Gasteiger partial charge in [0.25, 0.3) is 11.8 Å². The van der Waals surface area contributed by atoms with Crippen molar-refractivity contribution in [3.63, 3.8) is 0 Å². The van der Waals surface area contributed by atoms with Gasteiger partial charge in [0.05, 0.1) is 17.4 Å². The minimum atomic E-state index is -1.41. The fraction of sp³-hybridized carbons (Fsp3) is 0.458. The van der Waals surface area contributed by atoms with Crippen molar-refractivity contribution < 1.29 is 28.9 Å². The van der Waals surface area contributed by atoms with Gasteiger partial charge in [-0.15, -0.1) is 11.8 Å². The second-order valence-electron chi connectivity index (χ2n) is 9.40. The summed E-state index contributed by atoms with van der Waals surface area (Å²) in [6.45, 7) is 1.36. The van der Waals surface area contributed by atoms with E-state index >= 15 is 0 Å². The van der Waals surface area contributed by atoms with Gasteiger partial charge in [0.2, 0.25) is 0 Å². The van der Waals surface area contributed by atoms with E-state index in [0.29, 0.717) is 29.6 Å². The Bertz CT molecular complexity index is 1250. The highest BCUT2D eigenvalue weighted by atomic mass is 32.2. The monoisotopic (exact) mass is 559 g/mol. The van der Waals surface area contributed by atoms with E-state index in [0.717, 1.165) is 19.4 Å². The van der Waals surface area contributed by atoms with Crippen molar-refractivity contribution in [3.05, 3.63) is 52.5 Å². The summed E-state index contributed by atoms with van der Waals surface area (Å²) in [6.07, 6.45) is 6.15. The second kappa shape index (κ2) is 11.0. The van der Waals surface area contributed by atoms with Gasteiger partial charge < -0.3 is 31.1 Å². The molecule has 0 aliphatic carbocycles. The number of fused-ring (bicyclic) bond motifs is 1. The highest BCUT2D eigenvalue weighted by Gasteiger charge is 2.53. The number of nitrogens with zero attached hydrogens (tertiary/aromatic N) is 4. The minimum Gasteiger partial charge on any atom is -0.543 e. The number of nitrogens with one attached hydrogen (secondary N) is 2. The highest BCUT2D eigenvalue weighted by molar-refractivity contribution is 8.02. The van der Waals surface area contributed by atoms with Crippen LogP contribution in [0.4, 0.5) is 0 Å². The minimum absolute atomic E-state index is 0.0550. The molecule has 202 valence electrons. The number of hydrogen-bond acceptors (Lipinski definition) is 11. The molecule has 1 aromatic rings. The van der Waals surface area contributed by atoms with Gasteiger partial charge in [-0.05, 0) is 32.5 Å². The maximum Gasteiger partial charge on any atom is 0.276 e. The van der Waals surface area contributed by atoms with Crippen LogP contribution in [0.3, 0.4) is 0 Å². The number of carbonyl (C=O) groups is 3. The summed E-state index contributed by atoms with van der Waals surface area (Å²) in [5.74, 6) is -2.19. The zero-order valence-electron chi connectivity index (χ0n) is 21.0. The van der Waals surface area contributed by atoms with Crippen LogP contribution in [0.1, 0.15) is 24.4 Å². The summed E-state index contributed by atoms with van der Waals surface area (Å²) in [5.41, 5.74) is 7.32. The van der Waals surface area contributed by atoms with Gasteiger partial charge in [0.1, 0.15) is 24.0 Å². The van der Waals surface area contributed by atoms with Crippen molar-refractivity contribution in [1.29, 1.82) is 0 Å². The number of hydrogen-bond donors (Lipinski definition) is 3. The van der Waals surface area contributed by atoms with Gasteiger partial charge in [0, 0.05) is 34.4 Å². The molecule has 0 saturated carbocycles. The Labute approximate surface area is 228 Å². The lowest BCUT2D eigenvalue weighted by Gasteiger charge is -2.50. The van der Waals surface area contributed by atoms with Crippen LogP contribution >= 0.6 is 23.5 Å². The zero-order chi connectivity index (χ0) is 27.0. The smallest absolute Gasteiger partial charge is 0.276 e. The van der Waals surface area contributed by atoms with Crippen LogP contribution in [-0.4, -0.2) is 76.7 Å². The number of carboxylic acids is 1. The third kappa shape index (κ3) is 5.00. The summed E-state index contributed by atoms with van der Waals surface area (Å²) in [5, 5.41) is 22.6. The van der Waals surface area contributed by atoms with Crippen LogP contribution in [0, 0.1) is 0 Å². The van der Waals surface area contributed by atoms with Gasteiger partial charge in [0.15, 0.2) is 24.7 Å². The highest BCUT2D eigenvalue weighted by Crippen LogP contribution is 2.40. The molecule has 0 spiro atoms. The van der Waals surface area contributed by atoms with E-state index in [4.69, 9.17) is 10.6 Å². The lowest BCUT2D eigenvalue weighted by atomic mass is 10.0. The number of pyridine rings is 1. The summed E-state index contributed by atoms with van der Waals surface area (Å²) >= 11 is 2.67. The van der Waals surface area contributed by atoms with E-state index in [1.54, 1.807) is 5.41 Å². The normalized spacial score (nSPS) is 27.4. The maximum atomic E-state index is 13.1. The third-order valence-electron chi connectivity index (χ3n) is 6.97. The molecular weight excluding hydrogens is 530 g/mol. The number of rotatable bonds is 8. The topological polar surface area (TPSA) is 156 Å². The standard InChI is InChI=1S/C24H29N7O5S2/c1-29-7-4-6-16(29)13-5-3-8-30(9-13)10-14-11-37-22-18(21(33)31(22)19(14)23(34)35)27-20(32)17(28-36-2)15-12-38-24(25)26-15/h3,5,8-9,12,16,18,22,24,26H,4,6-7,10-11,25H2,1-2H3,(H-,27,32,34,35)/b28-17-/t16?,18-,22?,24?/m1/s1. The molecule has 4 aliphatic rings. The first-order chi connectivity index (χ1) is 18.3. The average molecular weight is 560 g/mol. The van der Waals surface area contributed by atoms with Crippen molar-refractivity contribution in [3.8, 4) is 0 Å². The Balaban J connectivity index is 1.32. The Morgan fingerprint density at radius 2 is 2.24 bits per heavy atom. The fourth-order valence-electron chi connectivity index (χ4n) is 5.18. The van der Waals surface area contributed by atoms with Gasteiger partial charge in [-0.25, -0.2) is 4.57 Å². The molecule has 2 fully saturated rings. The van der Waals surface area contributed by atoms with E-state index in [2.05, 4.69) is 33.8 Å². The van der Waals surface area contributed by atoms with Crippen molar-refractivity contribution in [1.82, 2.24) is 20.4 Å². The van der Waals surface area contributed by atoms with Crippen LogP contribution in [0.15, 0.2) is 52.1 Å². The number of carbonyl (C=O) groups excluding carboxylic acids is 3. The van der Waals surface area contributed by atoms with E-state index in [1.165, 1.54) is 41.1 Å². The van der Waals surface area contributed by atoms with Crippen LogP contribution < -0.4 is 26.0 Å². The molecule has 38 heavy (non-hydrogen) atoms. The lowest BCUT2D eigenvalue weighted by molar-refractivity contribution is -0.689. The van der Waals surface area contributed by atoms with Crippen molar-refractivity contribution in [2.24, 2.45) is 10.9 Å². The number of amides is 2. The SMILES string of the molecule is CO/N=C(\C(=O)N[C@@H]1C(=O)N2C(C(=O)[O-])=C(C[n+]3cccc(C4CCCN4C)c3)CSC12)C1=CSC(N)N1. The van der Waals surface area contributed by atoms with Crippen LogP contribution in [0.5, 0.6) is 0 Å². The maximum absolute atomic E-state index is 13.1. The molecule has 0 bridgehead atoms. The first-order valence-corrected chi connectivity index (χ1v) is 14.1. The molecule has 3 unspecified atom stereocenters. The first-order valence-electron chi connectivity index (χ1n) is 12.2. The molecule has 4 N–H and O–H groups in total. The number of aromatic nitrogens is 1. The molecule has 4 aliphatic heterocycles. The Morgan fingerprint density at radius 3 is 2.89 bits per heavy atom. The first kappa shape index (κ1) is 26.5. The van der Waals surface area contributed by atoms with Gasteiger partial charge >= 0.3 is 0 Å². The molecule has 0 aromatic carbocycles. The number of nitrogens with two attached hydrogens (primary N) is 1. The second-order valence-corrected chi connectivity index (χ2v) is 11.5. The number of aliphatic carboxylic acids is 1. The predicted octanol–water partition coefficient (Wildman–Crippen LogP) is -1.43. The van der Waals surface area contributed by atoms with E-state index < -0.39 is 34.7 Å². The summed E-state index contributed by atoms with van der Waals surface area (Å²) in [7, 11) is 3.41. The fourth-order valence-corrected chi connectivity index (χ4v) is 7.18. The zero-order valence-corrected chi connectivity index (χ0v) is 22.6. The van der Waals surface area contributed by atoms with Crippen LogP contribution in [0.2, 0.25) is 0 Å². The van der Waals surface area contributed by atoms with Crippen LogP contribution in [-0.2, 0) is 25.8 Å². The number of carboxylic acid groups (broad SMARTS) is 1. The summed E-state index contributed by atoms with van der Waals surface area (Å²) < 4.78 is 1.95. The van der Waals surface area contributed by atoms with E-state index in [-0.39, 0.29) is 11.4 Å². The molecule has 1 aromatic heterocycles. The molecule has 5 heterocycles. The average Bonchev–Trinajstić information content (AvgIpc) is 3.53. The van der Waals surface area contributed by atoms with E-state index in [9.17, 15) is 19.5 Å². The number of thioether (sulfide) groups is 2. The van der Waals surface area contributed by atoms with Crippen molar-refractivity contribution in [2.45, 2.75) is 42.3 Å². The molecule has 12 nitrogen and oxygen atoms in total. The molecule has 2 amide bonds. The number of oxime groups is 1. The Hall–Kier alpha value is -3.07. The lowest BCUT2D eigenvalue weighted by Crippen LogP contribution is -2.71. The summed E-state index contributed by atoms with van der Waals surface area (Å²) in [6, 6.07) is 3.46. The van der Waals surface area contributed by atoms with Gasteiger partial charge in [-0.2, -0.15) is 0 Å². The van der Waals surface area contributed by atoms with Crippen LogP contribution in [0.25, 0.3) is 0 Å². The molecule has 0 radical (unpaired) electrons. The molecule has 2 saturated heterocycles. The Morgan fingerprint density at radius 1 is 1.42 bits per heavy atom. The third-order valence-corrected chi connectivity index (χ3v) is 9.09. The molecular formula is C24H29N7O5S2. The number of likely N-dealkylation sites (tertiary alicyclic amines) is 1. The molecule has 5 rings (SSSR count). The van der Waals surface area contributed by atoms with Crippen molar-refractivity contribution in [2.75, 3.05) is 26.5 Å².